The van der Waals surface area contributed by atoms with Crippen molar-refractivity contribution in [3.8, 4) is 0 Å². The van der Waals surface area contributed by atoms with Gasteiger partial charge in [0, 0.05) is 19.2 Å². The van der Waals surface area contributed by atoms with Gasteiger partial charge in [-0.1, -0.05) is 6.07 Å². The normalized spacial score (nSPS) is 11.2. The summed E-state index contributed by atoms with van der Waals surface area (Å²) in [5, 5.41) is 13.9. The third-order valence-electron chi connectivity index (χ3n) is 2.89. The molecule has 2 aromatic rings. The molecule has 1 heterocycles. The maximum atomic E-state index is 10.9. The first-order valence-electron chi connectivity index (χ1n) is 6.97. The van der Waals surface area contributed by atoms with E-state index in [4.69, 9.17) is 9.15 Å². The number of benzene rings is 1. The molecule has 0 saturated heterocycles. The molecular formula is C14H19N3O4. The second-order valence-electron chi connectivity index (χ2n) is 4.95. The largest absolute Gasteiger partial charge is 0.423 e. The van der Waals surface area contributed by atoms with Gasteiger partial charge >= 0.3 is 0 Å². The van der Waals surface area contributed by atoms with E-state index in [9.17, 15) is 10.1 Å². The fourth-order valence-corrected chi connectivity index (χ4v) is 1.90. The van der Waals surface area contributed by atoms with Crippen molar-refractivity contribution >= 4 is 22.8 Å². The standard InChI is InChI=1S/C14H19N3O4/c1-10(2)20-9-4-3-8-15-14-16-13-11(17(18)19)6-5-7-12(13)21-14/h5-7,10H,3-4,8-9H2,1-2H3,(H,15,16). The lowest BCUT2D eigenvalue weighted by Gasteiger charge is -2.06. The van der Waals surface area contributed by atoms with Crippen molar-refractivity contribution in [1.29, 1.82) is 0 Å². The summed E-state index contributed by atoms with van der Waals surface area (Å²) in [6.45, 7) is 5.41. The molecule has 1 aromatic heterocycles. The maximum Gasteiger partial charge on any atom is 0.298 e. The van der Waals surface area contributed by atoms with Crippen molar-refractivity contribution in [2.75, 3.05) is 18.5 Å². The van der Waals surface area contributed by atoms with Gasteiger partial charge in [0.15, 0.2) is 11.1 Å². The summed E-state index contributed by atoms with van der Waals surface area (Å²) in [6.07, 6.45) is 2.09. The molecule has 0 saturated carbocycles. The second-order valence-corrected chi connectivity index (χ2v) is 4.95. The summed E-state index contributed by atoms with van der Waals surface area (Å²) in [4.78, 5) is 14.6. The minimum Gasteiger partial charge on any atom is -0.423 e. The van der Waals surface area contributed by atoms with Crippen LogP contribution in [-0.2, 0) is 4.74 Å². The number of ether oxygens (including phenoxy) is 1. The van der Waals surface area contributed by atoms with Crippen LogP contribution in [-0.4, -0.2) is 29.2 Å². The van der Waals surface area contributed by atoms with E-state index in [-0.39, 0.29) is 17.3 Å². The zero-order chi connectivity index (χ0) is 15.2. The number of nitro groups is 1. The number of anilines is 1. The number of fused-ring (bicyclic) bond motifs is 1. The first-order valence-corrected chi connectivity index (χ1v) is 6.97. The Morgan fingerprint density at radius 2 is 2.24 bits per heavy atom. The van der Waals surface area contributed by atoms with Crippen LogP contribution in [0.15, 0.2) is 22.6 Å². The lowest BCUT2D eigenvalue weighted by molar-refractivity contribution is -0.383. The Hall–Kier alpha value is -2.15. The van der Waals surface area contributed by atoms with Crippen LogP contribution in [0.4, 0.5) is 11.7 Å². The van der Waals surface area contributed by atoms with Crippen LogP contribution >= 0.6 is 0 Å². The molecule has 7 nitrogen and oxygen atoms in total. The van der Waals surface area contributed by atoms with Crippen molar-refractivity contribution in [3.63, 3.8) is 0 Å². The summed E-state index contributed by atoms with van der Waals surface area (Å²) in [5.41, 5.74) is 0.637. The molecule has 0 unspecified atom stereocenters. The molecule has 7 heteroatoms. The molecule has 1 aromatic carbocycles. The number of rotatable bonds is 8. The summed E-state index contributed by atoms with van der Waals surface area (Å²) >= 11 is 0. The van der Waals surface area contributed by atoms with Gasteiger partial charge in [0.25, 0.3) is 11.7 Å². The highest BCUT2D eigenvalue weighted by molar-refractivity contribution is 5.83. The minimum absolute atomic E-state index is 0.0466. The molecule has 0 spiro atoms. The predicted molar refractivity (Wildman–Crippen MR) is 79.5 cm³/mol. The maximum absolute atomic E-state index is 10.9. The van der Waals surface area contributed by atoms with Crippen molar-refractivity contribution < 1.29 is 14.1 Å². The average molecular weight is 293 g/mol. The Labute approximate surface area is 122 Å². The Morgan fingerprint density at radius 1 is 1.43 bits per heavy atom. The number of para-hydroxylation sites is 1. The molecule has 21 heavy (non-hydrogen) atoms. The summed E-state index contributed by atoms with van der Waals surface area (Å²) in [7, 11) is 0. The second kappa shape index (κ2) is 7.03. The molecule has 0 bridgehead atoms. The zero-order valence-electron chi connectivity index (χ0n) is 12.2. The topological polar surface area (TPSA) is 90.4 Å². The highest BCUT2D eigenvalue weighted by Gasteiger charge is 2.16. The number of nitro benzene ring substituents is 1. The van der Waals surface area contributed by atoms with Crippen LogP contribution in [0.2, 0.25) is 0 Å². The Kier molecular flexibility index (Phi) is 5.10. The van der Waals surface area contributed by atoms with E-state index in [1.807, 2.05) is 13.8 Å². The van der Waals surface area contributed by atoms with Gasteiger partial charge in [-0.15, -0.1) is 0 Å². The highest BCUT2D eigenvalue weighted by Crippen LogP contribution is 2.27. The van der Waals surface area contributed by atoms with Crippen LogP contribution in [0.5, 0.6) is 0 Å². The van der Waals surface area contributed by atoms with Gasteiger partial charge in [-0.3, -0.25) is 10.1 Å². The van der Waals surface area contributed by atoms with Gasteiger partial charge in [0.1, 0.15) is 0 Å². The monoisotopic (exact) mass is 293 g/mol. The van der Waals surface area contributed by atoms with Crippen LogP contribution < -0.4 is 5.32 Å². The first-order chi connectivity index (χ1) is 10.1. The molecule has 0 amide bonds. The molecule has 0 aliphatic carbocycles. The van der Waals surface area contributed by atoms with Crippen LogP contribution in [0.3, 0.4) is 0 Å². The van der Waals surface area contributed by atoms with Crippen molar-refractivity contribution in [2.45, 2.75) is 32.8 Å². The summed E-state index contributed by atoms with van der Waals surface area (Å²) < 4.78 is 10.9. The van der Waals surface area contributed by atoms with Crippen molar-refractivity contribution in [1.82, 2.24) is 4.98 Å². The van der Waals surface area contributed by atoms with E-state index < -0.39 is 4.92 Å². The van der Waals surface area contributed by atoms with Gasteiger partial charge < -0.3 is 14.5 Å². The third kappa shape index (κ3) is 4.16. The number of hydrogen-bond acceptors (Lipinski definition) is 6. The molecule has 0 aliphatic heterocycles. The molecule has 2 rings (SSSR count). The van der Waals surface area contributed by atoms with E-state index in [1.54, 1.807) is 12.1 Å². The number of non-ortho nitro benzene ring substituents is 1. The molecule has 0 atom stereocenters. The van der Waals surface area contributed by atoms with Gasteiger partial charge in [-0.25, -0.2) is 0 Å². The number of oxazole rings is 1. The molecule has 114 valence electrons. The summed E-state index contributed by atoms with van der Waals surface area (Å²) in [6, 6.07) is 4.97. The summed E-state index contributed by atoms with van der Waals surface area (Å²) in [5.74, 6) is 0. The van der Waals surface area contributed by atoms with Gasteiger partial charge in [-0.2, -0.15) is 4.98 Å². The SMILES string of the molecule is CC(C)OCCCCNc1nc2c([N+](=O)[O-])cccc2o1. The molecule has 0 radical (unpaired) electrons. The van der Waals surface area contributed by atoms with E-state index in [0.717, 1.165) is 19.4 Å². The fourth-order valence-electron chi connectivity index (χ4n) is 1.90. The lowest BCUT2D eigenvalue weighted by atomic mass is 10.3. The van der Waals surface area contributed by atoms with E-state index in [2.05, 4.69) is 10.3 Å². The average Bonchev–Trinajstić information content (AvgIpc) is 2.84. The van der Waals surface area contributed by atoms with Crippen LogP contribution in [0.1, 0.15) is 26.7 Å². The van der Waals surface area contributed by atoms with E-state index in [1.165, 1.54) is 6.07 Å². The predicted octanol–water partition coefficient (Wildman–Crippen LogP) is 3.35. The highest BCUT2D eigenvalue weighted by atomic mass is 16.6. The molecule has 0 fully saturated rings. The smallest absolute Gasteiger partial charge is 0.298 e. The molecular weight excluding hydrogens is 274 g/mol. The number of hydrogen-bond donors (Lipinski definition) is 1. The van der Waals surface area contributed by atoms with Crippen molar-refractivity contribution in [3.05, 3.63) is 28.3 Å². The minimum atomic E-state index is -0.460. The van der Waals surface area contributed by atoms with E-state index in [0.29, 0.717) is 18.1 Å². The molecule has 1 N–H and O–H groups in total. The number of aromatic nitrogens is 1. The Bertz CT molecular complexity index is 609. The Morgan fingerprint density at radius 3 is 2.95 bits per heavy atom. The van der Waals surface area contributed by atoms with Crippen LogP contribution in [0.25, 0.3) is 11.1 Å². The van der Waals surface area contributed by atoms with Gasteiger partial charge in [-0.05, 0) is 32.8 Å². The quantitative estimate of drug-likeness (QED) is 0.456. The number of nitrogens with zero attached hydrogens (tertiary/aromatic N) is 2. The van der Waals surface area contributed by atoms with Crippen molar-refractivity contribution in [2.24, 2.45) is 0 Å². The third-order valence-corrected chi connectivity index (χ3v) is 2.89. The van der Waals surface area contributed by atoms with E-state index >= 15 is 0 Å². The van der Waals surface area contributed by atoms with Crippen LogP contribution in [0, 0.1) is 10.1 Å². The zero-order valence-corrected chi connectivity index (χ0v) is 12.2. The van der Waals surface area contributed by atoms with Gasteiger partial charge in [0.2, 0.25) is 0 Å². The van der Waals surface area contributed by atoms with Gasteiger partial charge in [0.05, 0.1) is 11.0 Å². The molecule has 0 aliphatic rings. The first kappa shape index (κ1) is 15.2. The number of nitrogens with one attached hydrogen (secondary N) is 1. The fraction of sp³-hybridized carbons (Fsp3) is 0.500. The lowest BCUT2D eigenvalue weighted by Crippen LogP contribution is -2.07. The Balaban J connectivity index is 1.88. The number of unbranched alkanes of at least 4 members (excludes halogenated alkanes) is 1.